The van der Waals surface area contributed by atoms with Crippen molar-refractivity contribution in [3.8, 4) is 0 Å². The first kappa shape index (κ1) is 21.5. The molecule has 2 rings (SSSR count). The molecule has 2 aromatic carbocycles. The van der Waals surface area contributed by atoms with Gasteiger partial charge in [0.1, 0.15) is 6.17 Å². The molecule has 1 amide bonds. The average Bonchev–Trinajstić information content (AvgIpc) is 2.56. The number of hydrogen-bond acceptors (Lipinski definition) is 2. The van der Waals surface area contributed by atoms with Crippen molar-refractivity contribution in [2.75, 3.05) is 5.32 Å². The highest BCUT2D eigenvalue weighted by molar-refractivity contribution is 14.1. The van der Waals surface area contributed by atoms with Crippen LogP contribution < -0.4 is 16.0 Å². The molecule has 9 heteroatoms. The summed E-state index contributed by atoms with van der Waals surface area (Å²) in [5.41, 5.74) is 1.63. The van der Waals surface area contributed by atoms with Gasteiger partial charge in [-0.15, -0.1) is 0 Å². The second kappa shape index (κ2) is 9.94. The lowest BCUT2D eigenvalue weighted by molar-refractivity contribution is -0.121. The molecule has 1 atom stereocenters. The van der Waals surface area contributed by atoms with Gasteiger partial charge >= 0.3 is 0 Å². The number of anilines is 1. The van der Waals surface area contributed by atoms with Crippen LogP contribution in [0.5, 0.6) is 0 Å². The molecule has 0 spiro atoms. The zero-order valence-corrected chi connectivity index (χ0v) is 18.6. The molecule has 26 heavy (non-hydrogen) atoms. The summed E-state index contributed by atoms with van der Waals surface area (Å²) in [5, 5.41) is 8.69. The van der Waals surface area contributed by atoms with Crippen LogP contribution >= 0.6 is 69.6 Å². The van der Waals surface area contributed by atoms with Crippen molar-refractivity contribution in [1.29, 1.82) is 0 Å². The lowest BCUT2D eigenvalue weighted by Crippen LogP contribution is -2.56. The van der Waals surface area contributed by atoms with Crippen LogP contribution in [0.25, 0.3) is 0 Å². The van der Waals surface area contributed by atoms with Crippen LogP contribution in [0.2, 0.25) is 0 Å². The van der Waals surface area contributed by atoms with Crippen LogP contribution in [0.3, 0.4) is 0 Å². The summed E-state index contributed by atoms with van der Waals surface area (Å²) in [6.07, 6.45) is -0.829. The fraction of sp³-hybridized carbons (Fsp3) is 0.176. The number of thiocarbonyl (C=S) groups is 1. The van der Waals surface area contributed by atoms with Gasteiger partial charge in [-0.2, -0.15) is 0 Å². The highest BCUT2D eigenvalue weighted by Gasteiger charge is 2.34. The number of halogens is 4. The SMILES string of the molecule is O=C(Cc1ccccc1)NC(NC(=S)Nc1ccc(I)cc1)C(Cl)(Cl)Cl. The van der Waals surface area contributed by atoms with E-state index >= 15 is 0 Å². The Balaban J connectivity index is 1.97. The van der Waals surface area contributed by atoms with E-state index in [4.69, 9.17) is 47.0 Å². The Bertz CT molecular complexity index is 754. The third kappa shape index (κ3) is 7.44. The van der Waals surface area contributed by atoms with Gasteiger partial charge in [0.15, 0.2) is 5.11 Å². The summed E-state index contributed by atoms with van der Waals surface area (Å²) in [6.45, 7) is 0. The Morgan fingerprint density at radius 2 is 1.65 bits per heavy atom. The fourth-order valence-electron chi connectivity index (χ4n) is 2.02. The predicted octanol–water partition coefficient (Wildman–Crippen LogP) is 4.63. The van der Waals surface area contributed by atoms with E-state index in [2.05, 4.69) is 38.5 Å². The summed E-state index contributed by atoms with van der Waals surface area (Å²) in [7, 11) is 0. The van der Waals surface area contributed by atoms with Crippen molar-refractivity contribution in [3.05, 3.63) is 63.7 Å². The maximum atomic E-state index is 12.3. The second-order valence-electron chi connectivity index (χ2n) is 5.31. The van der Waals surface area contributed by atoms with Crippen LogP contribution in [-0.2, 0) is 11.2 Å². The van der Waals surface area contributed by atoms with Crippen molar-refractivity contribution in [2.24, 2.45) is 0 Å². The molecule has 4 nitrogen and oxygen atoms in total. The number of hydrogen-bond donors (Lipinski definition) is 3. The predicted molar refractivity (Wildman–Crippen MR) is 121 cm³/mol. The molecular formula is C17H15Cl3IN3OS. The first-order valence-electron chi connectivity index (χ1n) is 7.47. The molecule has 0 radical (unpaired) electrons. The van der Waals surface area contributed by atoms with Gasteiger partial charge in [-0.05, 0) is 64.6 Å². The van der Waals surface area contributed by atoms with E-state index in [0.29, 0.717) is 0 Å². The normalized spacial score (nSPS) is 12.2. The number of alkyl halides is 3. The maximum Gasteiger partial charge on any atom is 0.228 e. The molecule has 0 aliphatic heterocycles. The van der Waals surface area contributed by atoms with Crippen LogP contribution in [0.15, 0.2) is 54.6 Å². The van der Waals surface area contributed by atoms with Crippen molar-refractivity contribution in [3.63, 3.8) is 0 Å². The van der Waals surface area contributed by atoms with E-state index in [9.17, 15) is 4.79 Å². The number of carbonyl (C=O) groups excluding carboxylic acids is 1. The summed E-state index contributed by atoms with van der Waals surface area (Å²) in [5.74, 6) is -0.294. The van der Waals surface area contributed by atoms with Crippen molar-refractivity contribution < 1.29 is 4.79 Å². The minimum Gasteiger partial charge on any atom is -0.339 e. The van der Waals surface area contributed by atoms with Gasteiger partial charge in [-0.3, -0.25) is 4.79 Å². The minimum atomic E-state index is -1.79. The van der Waals surface area contributed by atoms with Gasteiger partial charge in [0.05, 0.1) is 6.42 Å². The quantitative estimate of drug-likeness (QED) is 0.223. The standard InChI is InChI=1S/C17H15Cl3IN3OS/c18-17(19,20)15(23-14(25)10-11-4-2-1-3-5-11)24-16(26)22-13-8-6-12(21)7-9-13/h1-9,15H,10H2,(H,23,25)(H2,22,24,26). The molecule has 1 unspecified atom stereocenters. The molecule has 3 N–H and O–H groups in total. The number of rotatable bonds is 5. The lowest BCUT2D eigenvalue weighted by Gasteiger charge is -2.27. The van der Waals surface area contributed by atoms with Crippen LogP contribution in [-0.4, -0.2) is 21.0 Å². The van der Waals surface area contributed by atoms with Crippen molar-refractivity contribution in [1.82, 2.24) is 10.6 Å². The van der Waals surface area contributed by atoms with E-state index < -0.39 is 9.96 Å². The fourth-order valence-corrected chi connectivity index (χ4v) is 2.95. The number of benzene rings is 2. The summed E-state index contributed by atoms with van der Waals surface area (Å²) in [6, 6.07) is 16.9. The van der Waals surface area contributed by atoms with Gasteiger partial charge in [0.2, 0.25) is 9.70 Å². The average molecular weight is 543 g/mol. The molecule has 0 heterocycles. The third-order valence-corrected chi connectivity index (χ3v) is 4.81. The Morgan fingerprint density at radius 3 is 2.23 bits per heavy atom. The topological polar surface area (TPSA) is 53.2 Å². The summed E-state index contributed by atoms with van der Waals surface area (Å²) >= 11 is 25.4. The molecular weight excluding hydrogens is 528 g/mol. The largest absolute Gasteiger partial charge is 0.339 e. The zero-order valence-electron chi connectivity index (χ0n) is 13.3. The van der Waals surface area contributed by atoms with Crippen LogP contribution in [0.1, 0.15) is 5.56 Å². The first-order valence-corrected chi connectivity index (χ1v) is 10.1. The Hall–Kier alpha value is -0.800. The molecule has 0 aliphatic rings. The van der Waals surface area contributed by atoms with Crippen LogP contribution in [0.4, 0.5) is 5.69 Å². The third-order valence-electron chi connectivity index (χ3n) is 3.22. The smallest absolute Gasteiger partial charge is 0.228 e. The molecule has 0 aromatic heterocycles. The maximum absolute atomic E-state index is 12.3. The van der Waals surface area contributed by atoms with E-state index in [-0.39, 0.29) is 17.4 Å². The van der Waals surface area contributed by atoms with E-state index in [1.807, 2.05) is 54.6 Å². The van der Waals surface area contributed by atoms with E-state index in [0.717, 1.165) is 14.8 Å². The molecule has 0 fully saturated rings. The molecule has 0 aliphatic carbocycles. The monoisotopic (exact) mass is 541 g/mol. The number of amides is 1. The Kier molecular flexibility index (Phi) is 8.22. The van der Waals surface area contributed by atoms with Gasteiger partial charge in [0, 0.05) is 9.26 Å². The Morgan fingerprint density at radius 1 is 1.04 bits per heavy atom. The van der Waals surface area contributed by atoms with Gasteiger partial charge in [-0.1, -0.05) is 65.1 Å². The van der Waals surface area contributed by atoms with Gasteiger partial charge in [-0.25, -0.2) is 0 Å². The number of nitrogens with one attached hydrogen (secondary N) is 3. The van der Waals surface area contributed by atoms with E-state index in [1.54, 1.807) is 0 Å². The van der Waals surface area contributed by atoms with Crippen molar-refractivity contribution >= 4 is 86.3 Å². The summed E-state index contributed by atoms with van der Waals surface area (Å²) in [4.78, 5) is 12.3. The number of carbonyl (C=O) groups is 1. The van der Waals surface area contributed by atoms with Gasteiger partial charge in [0.25, 0.3) is 0 Å². The highest BCUT2D eigenvalue weighted by Crippen LogP contribution is 2.29. The Labute approximate surface area is 186 Å². The lowest BCUT2D eigenvalue weighted by atomic mass is 10.1. The first-order chi connectivity index (χ1) is 12.2. The van der Waals surface area contributed by atoms with Crippen molar-refractivity contribution in [2.45, 2.75) is 16.4 Å². The van der Waals surface area contributed by atoms with E-state index in [1.165, 1.54) is 0 Å². The zero-order chi connectivity index (χ0) is 19.2. The minimum absolute atomic E-state index is 0.164. The van der Waals surface area contributed by atoms with Gasteiger partial charge < -0.3 is 16.0 Å². The molecule has 2 aromatic rings. The highest BCUT2D eigenvalue weighted by atomic mass is 127. The van der Waals surface area contributed by atoms with Crippen LogP contribution in [0, 0.1) is 3.57 Å². The second-order valence-corrected chi connectivity index (χ2v) is 9.33. The summed E-state index contributed by atoms with van der Waals surface area (Å²) < 4.78 is -0.691. The molecule has 138 valence electrons. The molecule has 0 saturated carbocycles. The molecule has 0 bridgehead atoms. The molecule has 0 saturated heterocycles.